The van der Waals surface area contributed by atoms with Gasteiger partial charge in [-0.25, -0.2) is 4.98 Å². The zero-order chi connectivity index (χ0) is 15.2. The van der Waals surface area contributed by atoms with Gasteiger partial charge in [-0.1, -0.05) is 13.0 Å². The van der Waals surface area contributed by atoms with Crippen molar-refractivity contribution >= 4 is 11.5 Å². The largest absolute Gasteiger partial charge is 0.329 e. The van der Waals surface area contributed by atoms with Crippen LogP contribution in [0.4, 0.5) is 11.5 Å². The third kappa shape index (κ3) is 3.59. The van der Waals surface area contributed by atoms with Crippen molar-refractivity contribution in [1.29, 1.82) is 5.26 Å². The fourth-order valence-electron chi connectivity index (χ4n) is 2.23. The second kappa shape index (κ2) is 6.87. The Kier molecular flexibility index (Phi) is 4.91. The van der Waals surface area contributed by atoms with Crippen LogP contribution in [0, 0.1) is 11.3 Å². The lowest BCUT2D eigenvalue weighted by atomic mass is 10.1. The number of nitrogens with one attached hydrogen (secondary N) is 1. The van der Waals surface area contributed by atoms with Crippen molar-refractivity contribution < 1.29 is 0 Å². The summed E-state index contributed by atoms with van der Waals surface area (Å²) in [7, 11) is 1.96. The van der Waals surface area contributed by atoms with Crippen LogP contribution in [0.3, 0.4) is 0 Å². The van der Waals surface area contributed by atoms with Gasteiger partial charge < -0.3 is 10.2 Å². The number of nitrogens with zero attached hydrogens (tertiary/aromatic N) is 3. The summed E-state index contributed by atoms with van der Waals surface area (Å²) >= 11 is 0. The molecule has 1 aromatic carbocycles. The molecule has 0 bridgehead atoms. The van der Waals surface area contributed by atoms with Gasteiger partial charge in [0.05, 0.1) is 11.6 Å². The summed E-state index contributed by atoms with van der Waals surface area (Å²) in [4.78, 5) is 6.42. The van der Waals surface area contributed by atoms with Gasteiger partial charge >= 0.3 is 0 Å². The van der Waals surface area contributed by atoms with Gasteiger partial charge in [0, 0.05) is 25.0 Å². The standard InChI is InChI=1S/C17H20N4/c1-4-19-13(2)15-8-9-20-17(11-15)21(3)16-7-5-6-14(10-16)12-18/h5-11,13,19H,4H2,1-3H3. The first-order valence-corrected chi connectivity index (χ1v) is 7.09. The van der Waals surface area contributed by atoms with Crippen molar-refractivity contribution in [2.75, 3.05) is 18.5 Å². The van der Waals surface area contributed by atoms with Gasteiger partial charge in [-0.3, -0.25) is 0 Å². The van der Waals surface area contributed by atoms with E-state index in [4.69, 9.17) is 5.26 Å². The number of hydrogen-bond acceptors (Lipinski definition) is 4. The molecule has 108 valence electrons. The first-order valence-electron chi connectivity index (χ1n) is 7.09. The van der Waals surface area contributed by atoms with Gasteiger partial charge in [0.1, 0.15) is 5.82 Å². The van der Waals surface area contributed by atoms with E-state index < -0.39 is 0 Å². The van der Waals surface area contributed by atoms with Gasteiger partial charge in [0.25, 0.3) is 0 Å². The van der Waals surface area contributed by atoms with Crippen LogP contribution >= 0.6 is 0 Å². The van der Waals surface area contributed by atoms with Crippen molar-refractivity contribution in [3.8, 4) is 6.07 Å². The summed E-state index contributed by atoms with van der Waals surface area (Å²) in [6, 6.07) is 14.1. The molecule has 0 aliphatic carbocycles. The van der Waals surface area contributed by atoms with Crippen LogP contribution in [0.1, 0.15) is 31.0 Å². The molecule has 4 heteroatoms. The molecular weight excluding hydrogens is 260 g/mol. The normalized spacial score (nSPS) is 11.7. The SMILES string of the molecule is CCNC(C)c1ccnc(N(C)c2cccc(C#N)c2)c1. The monoisotopic (exact) mass is 280 g/mol. The summed E-state index contributed by atoms with van der Waals surface area (Å²) in [5.41, 5.74) is 2.80. The van der Waals surface area contributed by atoms with Gasteiger partial charge in [0.2, 0.25) is 0 Å². The highest BCUT2D eigenvalue weighted by Crippen LogP contribution is 2.24. The van der Waals surface area contributed by atoms with Crippen LogP contribution in [-0.2, 0) is 0 Å². The molecule has 1 atom stereocenters. The highest BCUT2D eigenvalue weighted by Gasteiger charge is 2.09. The summed E-state index contributed by atoms with van der Waals surface area (Å²) < 4.78 is 0. The minimum absolute atomic E-state index is 0.288. The van der Waals surface area contributed by atoms with Crippen LogP contribution in [0.15, 0.2) is 42.6 Å². The van der Waals surface area contributed by atoms with E-state index in [2.05, 4.69) is 36.3 Å². The lowest BCUT2D eigenvalue weighted by Crippen LogP contribution is -2.18. The van der Waals surface area contributed by atoms with Gasteiger partial charge in [-0.2, -0.15) is 5.26 Å². The Morgan fingerprint density at radius 3 is 2.86 bits per heavy atom. The Bertz CT molecular complexity index is 645. The van der Waals surface area contributed by atoms with E-state index in [9.17, 15) is 0 Å². The Labute approximate surface area is 126 Å². The summed E-state index contributed by atoms with van der Waals surface area (Å²) in [6.45, 7) is 5.16. The van der Waals surface area contributed by atoms with Crippen LogP contribution < -0.4 is 10.2 Å². The number of rotatable bonds is 5. The van der Waals surface area contributed by atoms with E-state index in [1.807, 2.05) is 42.4 Å². The third-order valence-corrected chi connectivity index (χ3v) is 3.49. The third-order valence-electron chi connectivity index (χ3n) is 3.49. The molecule has 0 saturated heterocycles. The summed E-state index contributed by atoms with van der Waals surface area (Å²) in [5, 5.41) is 12.4. The highest BCUT2D eigenvalue weighted by atomic mass is 15.2. The molecule has 0 saturated carbocycles. The zero-order valence-electron chi connectivity index (χ0n) is 12.7. The lowest BCUT2D eigenvalue weighted by molar-refractivity contribution is 0.597. The second-order valence-corrected chi connectivity index (χ2v) is 4.95. The predicted molar refractivity (Wildman–Crippen MR) is 85.5 cm³/mol. The molecule has 1 N–H and O–H groups in total. The molecule has 0 spiro atoms. The molecule has 4 nitrogen and oxygen atoms in total. The molecule has 1 unspecified atom stereocenters. The molecule has 2 rings (SSSR count). The first-order chi connectivity index (χ1) is 10.2. The number of anilines is 2. The van der Waals surface area contributed by atoms with Crippen molar-refractivity contribution in [2.24, 2.45) is 0 Å². The van der Waals surface area contributed by atoms with E-state index in [-0.39, 0.29) is 6.04 Å². The quantitative estimate of drug-likeness (QED) is 0.912. The Morgan fingerprint density at radius 2 is 2.14 bits per heavy atom. The molecule has 2 aromatic rings. The molecule has 0 amide bonds. The Morgan fingerprint density at radius 1 is 1.33 bits per heavy atom. The number of pyridine rings is 1. The number of hydrogen-bond donors (Lipinski definition) is 1. The first kappa shape index (κ1) is 15.0. The van der Waals surface area contributed by atoms with E-state index in [0.29, 0.717) is 5.56 Å². The number of benzene rings is 1. The van der Waals surface area contributed by atoms with Gasteiger partial charge in [-0.05, 0) is 49.4 Å². The maximum Gasteiger partial charge on any atom is 0.132 e. The predicted octanol–water partition coefficient (Wildman–Crippen LogP) is 3.39. The second-order valence-electron chi connectivity index (χ2n) is 4.95. The lowest BCUT2D eigenvalue weighted by Gasteiger charge is -2.20. The van der Waals surface area contributed by atoms with Crippen LogP contribution in [-0.4, -0.2) is 18.6 Å². The maximum atomic E-state index is 9.00. The minimum atomic E-state index is 0.288. The van der Waals surface area contributed by atoms with E-state index in [0.717, 1.165) is 18.1 Å². The average molecular weight is 280 g/mol. The molecule has 21 heavy (non-hydrogen) atoms. The Balaban J connectivity index is 2.28. The number of nitriles is 1. The van der Waals surface area contributed by atoms with Crippen molar-refractivity contribution in [1.82, 2.24) is 10.3 Å². The van der Waals surface area contributed by atoms with E-state index in [1.165, 1.54) is 5.56 Å². The fraction of sp³-hybridized carbons (Fsp3) is 0.294. The van der Waals surface area contributed by atoms with Gasteiger partial charge in [-0.15, -0.1) is 0 Å². The maximum absolute atomic E-state index is 9.00. The highest BCUT2D eigenvalue weighted by molar-refractivity contribution is 5.61. The Hall–Kier alpha value is -2.38. The molecule has 0 aliphatic rings. The van der Waals surface area contributed by atoms with Crippen LogP contribution in [0.25, 0.3) is 0 Å². The zero-order valence-corrected chi connectivity index (χ0v) is 12.7. The minimum Gasteiger partial charge on any atom is -0.329 e. The topological polar surface area (TPSA) is 52.0 Å². The molecule has 0 fully saturated rings. The molecule has 0 aliphatic heterocycles. The van der Waals surface area contributed by atoms with Gasteiger partial charge in [0.15, 0.2) is 0 Å². The molecule has 1 aromatic heterocycles. The summed E-state index contributed by atoms with van der Waals surface area (Å²) in [6.07, 6.45) is 1.82. The van der Waals surface area contributed by atoms with Crippen LogP contribution in [0.2, 0.25) is 0 Å². The molecule has 1 heterocycles. The van der Waals surface area contributed by atoms with Crippen molar-refractivity contribution in [2.45, 2.75) is 19.9 Å². The average Bonchev–Trinajstić information content (AvgIpc) is 2.54. The van der Waals surface area contributed by atoms with Crippen LogP contribution in [0.5, 0.6) is 0 Å². The van der Waals surface area contributed by atoms with Crippen molar-refractivity contribution in [3.05, 3.63) is 53.7 Å². The fourth-order valence-corrected chi connectivity index (χ4v) is 2.23. The van der Waals surface area contributed by atoms with E-state index in [1.54, 1.807) is 6.07 Å². The van der Waals surface area contributed by atoms with E-state index >= 15 is 0 Å². The van der Waals surface area contributed by atoms with Crippen molar-refractivity contribution in [3.63, 3.8) is 0 Å². The molecular formula is C17H20N4. The molecule has 0 radical (unpaired) electrons. The smallest absolute Gasteiger partial charge is 0.132 e. The summed E-state index contributed by atoms with van der Waals surface area (Å²) in [5.74, 6) is 0.868. The number of aromatic nitrogens is 1.